The Morgan fingerprint density at radius 2 is 2.12 bits per heavy atom. The van der Waals surface area contributed by atoms with Gasteiger partial charge in [-0.05, 0) is 30.7 Å². The molecular formula is C13H10ClFO2. The number of halogens is 2. The van der Waals surface area contributed by atoms with Crippen LogP contribution in [0.4, 0.5) is 4.39 Å². The van der Waals surface area contributed by atoms with Crippen LogP contribution in [0.15, 0.2) is 34.7 Å². The molecule has 0 spiro atoms. The Kier molecular flexibility index (Phi) is 3.29. The first kappa shape index (κ1) is 11.9. The van der Waals surface area contributed by atoms with Gasteiger partial charge in [0.1, 0.15) is 11.6 Å². The fourth-order valence-corrected chi connectivity index (χ4v) is 1.72. The van der Waals surface area contributed by atoms with Crippen molar-refractivity contribution in [3.63, 3.8) is 0 Å². The Labute approximate surface area is 103 Å². The van der Waals surface area contributed by atoms with E-state index in [1.54, 1.807) is 25.1 Å². The molecule has 0 aliphatic rings. The molecule has 4 heteroatoms. The summed E-state index contributed by atoms with van der Waals surface area (Å²) in [5.41, 5.74) is 0.275. The van der Waals surface area contributed by atoms with E-state index in [0.29, 0.717) is 5.76 Å². The lowest BCUT2D eigenvalue weighted by Gasteiger charge is -2.02. The van der Waals surface area contributed by atoms with Crippen molar-refractivity contribution in [1.82, 2.24) is 0 Å². The number of hydrogen-bond acceptors (Lipinski definition) is 2. The molecule has 0 saturated carbocycles. The molecule has 0 fully saturated rings. The van der Waals surface area contributed by atoms with E-state index in [9.17, 15) is 9.18 Å². The number of rotatable bonds is 3. The average molecular weight is 253 g/mol. The van der Waals surface area contributed by atoms with Gasteiger partial charge in [0, 0.05) is 6.42 Å². The highest BCUT2D eigenvalue weighted by atomic mass is 35.5. The van der Waals surface area contributed by atoms with Gasteiger partial charge in [-0.25, -0.2) is 4.39 Å². The minimum Gasteiger partial charge on any atom is -0.458 e. The summed E-state index contributed by atoms with van der Waals surface area (Å²) in [4.78, 5) is 11.8. The minimum atomic E-state index is -0.550. The lowest BCUT2D eigenvalue weighted by Crippen LogP contribution is -2.04. The number of carbonyl (C=O) groups is 1. The lowest BCUT2D eigenvalue weighted by molar-refractivity contribution is 0.0964. The summed E-state index contributed by atoms with van der Waals surface area (Å²) >= 11 is 5.64. The topological polar surface area (TPSA) is 30.2 Å². The predicted octanol–water partition coefficient (Wildman–Crippen LogP) is 3.81. The highest BCUT2D eigenvalue weighted by Gasteiger charge is 2.14. The van der Waals surface area contributed by atoms with Crippen LogP contribution in [-0.4, -0.2) is 5.78 Å². The zero-order valence-electron chi connectivity index (χ0n) is 9.17. The smallest absolute Gasteiger partial charge is 0.202 e. The van der Waals surface area contributed by atoms with E-state index in [1.165, 1.54) is 12.1 Å². The Bertz CT molecular complexity index is 560. The third-order valence-electron chi connectivity index (χ3n) is 2.40. The van der Waals surface area contributed by atoms with Crippen LogP contribution in [0.3, 0.4) is 0 Å². The molecular weight excluding hydrogens is 243 g/mol. The number of hydrogen-bond donors (Lipinski definition) is 0. The van der Waals surface area contributed by atoms with E-state index in [1.807, 2.05) is 0 Å². The normalized spacial score (nSPS) is 10.5. The molecule has 2 rings (SSSR count). The second-order valence-corrected chi connectivity index (χ2v) is 4.13. The van der Waals surface area contributed by atoms with Gasteiger partial charge >= 0.3 is 0 Å². The van der Waals surface area contributed by atoms with E-state index in [0.717, 1.165) is 0 Å². The predicted molar refractivity (Wildman–Crippen MR) is 62.9 cm³/mol. The zero-order valence-corrected chi connectivity index (χ0v) is 9.92. The molecule has 88 valence electrons. The fourth-order valence-electron chi connectivity index (χ4n) is 1.53. The highest BCUT2D eigenvalue weighted by Crippen LogP contribution is 2.19. The Morgan fingerprint density at radius 1 is 1.35 bits per heavy atom. The molecule has 0 amide bonds. The monoisotopic (exact) mass is 252 g/mol. The van der Waals surface area contributed by atoms with Gasteiger partial charge in [-0.2, -0.15) is 0 Å². The van der Waals surface area contributed by atoms with Crippen molar-refractivity contribution < 1.29 is 13.6 Å². The standard InChI is InChI=1S/C13H10ClFO2/c1-8-5-6-12(17-8)11(16)7-9-3-2-4-10(14)13(9)15/h2-6H,7H2,1H3. The average Bonchev–Trinajstić information content (AvgIpc) is 2.72. The van der Waals surface area contributed by atoms with Crippen LogP contribution in [-0.2, 0) is 6.42 Å². The van der Waals surface area contributed by atoms with Gasteiger partial charge < -0.3 is 4.42 Å². The van der Waals surface area contributed by atoms with Gasteiger partial charge in [-0.3, -0.25) is 4.79 Å². The molecule has 0 bridgehead atoms. The number of ketones is 1. The van der Waals surface area contributed by atoms with Crippen molar-refractivity contribution in [2.75, 3.05) is 0 Å². The van der Waals surface area contributed by atoms with E-state index < -0.39 is 5.82 Å². The molecule has 0 atom stereocenters. The molecule has 0 N–H and O–H groups in total. The lowest BCUT2D eigenvalue weighted by atomic mass is 10.1. The van der Waals surface area contributed by atoms with Crippen LogP contribution in [0.25, 0.3) is 0 Å². The van der Waals surface area contributed by atoms with E-state index in [4.69, 9.17) is 16.0 Å². The van der Waals surface area contributed by atoms with Gasteiger partial charge in [0.15, 0.2) is 5.76 Å². The highest BCUT2D eigenvalue weighted by molar-refractivity contribution is 6.30. The summed E-state index contributed by atoms with van der Waals surface area (Å²) in [7, 11) is 0. The Morgan fingerprint density at radius 3 is 2.76 bits per heavy atom. The molecule has 0 aliphatic heterocycles. The van der Waals surface area contributed by atoms with Crippen LogP contribution in [0.1, 0.15) is 21.9 Å². The largest absolute Gasteiger partial charge is 0.458 e. The number of benzene rings is 1. The van der Waals surface area contributed by atoms with Crippen molar-refractivity contribution >= 4 is 17.4 Å². The molecule has 0 unspecified atom stereocenters. The molecule has 1 aromatic heterocycles. The van der Waals surface area contributed by atoms with E-state index >= 15 is 0 Å². The molecule has 0 aliphatic carbocycles. The summed E-state index contributed by atoms with van der Waals surface area (Å²) in [5, 5.41) is 0.0194. The van der Waals surface area contributed by atoms with Crippen LogP contribution in [0, 0.1) is 12.7 Å². The van der Waals surface area contributed by atoms with Gasteiger partial charge in [0.05, 0.1) is 5.02 Å². The van der Waals surface area contributed by atoms with Crippen molar-refractivity contribution in [2.45, 2.75) is 13.3 Å². The maximum Gasteiger partial charge on any atom is 0.202 e. The van der Waals surface area contributed by atoms with E-state index in [2.05, 4.69) is 0 Å². The van der Waals surface area contributed by atoms with Crippen LogP contribution >= 0.6 is 11.6 Å². The third kappa shape index (κ3) is 2.56. The van der Waals surface area contributed by atoms with Crippen molar-refractivity contribution in [3.8, 4) is 0 Å². The number of aryl methyl sites for hydroxylation is 1. The van der Waals surface area contributed by atoms with Crippen LogP contribution < -0.4 is 0 Å². The first-order valence-corrected chi connectivity index (χ1v) is 5.48. The summed E-state index contributed by atoms with van der Waals surface area (Å²) < 4.78 is 18.8. The molecule has 17 heavy (non-hydrogen) atoms. The summed E-state index contributed by atoms with van der Waals surface area (Å²) in [6, 6.07) is 7.87. The molecule has 1 heterocycles. The number of carbonyl (C=O) groups excluding carboxylic acids is 1. The number of furan rings is 1. The van der Waals surface area contributed by atoms with Crippen LogP contribution in [0.5, 0.6) is 0 Å². The summed E-state index contributed by atoms with van der Waals surface area (Å²) in [6.45, 7) is 1.75. The zero-order chi connectivity index (χ0) is 12.4. The van der Waals surface area contributed by atoms with Crippen molar-refractivity contribution in [3.05, 3.63) is 58.3 Å². The molecule has 0 radical (unpaired) electrons. The van der Waals surface area contributed by atoms with Gasteiger partial charge in [0.25, 0.3) is 0 Å². The SMILES string of the molecule is Cc1ccc(C(=O)Cc2cccc(Cl)c2F)o1. The Hall–Kier alpha value is -1.61. The van der Waals surface area contributed by atoms with Gasteiger partial charge in [-0.1, -0.05) is 23.7 Å². The second kappa shape index (κ2) is 4.72. The molecule has 2 aromatic rings. The molecule has 0 saturated heterocycles. The first-order valence-electron chi connectivity index (χ1n) is 5.10. The fraction of sp³-hybridized carbons (Fsp3) is 0.154. The summed E-state index contributed by atoms with van der Waals surface area (Å²) in [5.74, 6) is 0.0758. The Balaban J connectivity index is 2.21. The maximum absolute atomic E-state index is 13.6. The van der Waals surface area contributed by atoms with Crippen molar-refractivity contribution in [1.29, 1.82) is 0 Å². The van der Waals surface area contributed by atoms with Gasteiger partial charge in [0.2, 0.25) is 5.78 Å². The molecule has 1 aromatic carbocycles. The summed E-state index contributed by atoms with van der Waals surface area (Å²) in [6.07, 6.45) is -0.0562. The van der Waals surface area contributed by atoms with E-state index in [-0.39, 0.29) is 28.6 Å². The second-order valence-electron chi connectivity index (χ2n) is 3.72. The van der Waals surface area contributed by atoms with Crippen molar-refractivity contribution in [2.24, 2.45) is 0 Å². The first-order chi connectivity index (χ1) is 8.08. The number of Topliss-reactive ketones (excluding diaryl/α,β-unsaturated/α-hetero) is 1. The molecule has 2 nitrogen and oxygen atoms in total. The quantitative estimate of drug-likeness (QED) is 0.778. The third-order valence-corrected chi connectivity index (χ3v) is 2.69. The minimum absolute atomic E-state index is 0.0194. The van der Waals surface area contributed by atoms with Gasteiger partial charge in [-0.15, -0.1) is 0 Å². The van der Waals surface area contributed by atoms with Crippen LogP contribution in [0.2, 0.25) is 5.02 Å². The maximum atomic E-state index is 13.6.